The molecule has 1 aromatic carbocycles. The Labute approximate surface area is 153 Å². The zero-order valence-electron chi connectivity index (χ0n) is 16.3. The highest BCUT2D eigenvalue weighted by Gasteiger charge is 2.27. The highest BCUT2D eigenvalue weighted by Crippen LogP contribution is 2.31. The Morgan fingerprint density at radius 3 is 2.68 bits per heavy atom. The van der Waals surface area contributed by atoms with Crippen LogP contribution in [0.25, 0.3) is 0 Å². The van der Waals surface area contributed by atoms with Gasteiger partial charge in [0.25, 0.3) is 5.91 Å². The summed E-state index contributed by atoms with van der Waals surface area (Å²) in [6.07, 6.45) is 8.20. The normalized spacial score (nSPS) is 16.9. The van der Waals surface area contributed by atoms with E-state index < -0.39 is 0 Å². The van der Waals surface area contributed by atoms with Gasteiger partial charge in [0, 0.05) is 17.8 Å². The van der Waals surface area contributed by atoms with Crippen LogP contribution in [0.15, 0.2) is 54.7 Å². The molecule has 1 atom stereocenters. The number of carbonyl (C=O) groups excluding carboxylic acids is 1. The second-order valence-electron chi connectivity index (χ2n) is 6.40. The van der Waals surface area contributed by atoms with Crippen molar-refractivity contribution in [1.29, 1.82) is 0 Å². The topological polar surface area (TPSA) is 32.3 Å². The zero-order chi connectivity index (χ0) is 18.8. The summed E-state index contributed by atoms with van der Waals surface area (Å²) >= 11 is 0. The molecule has 1 aliphatic heterocycles. The lowest BCUT2D eigenvalue weighted by molar-refractivity contribution is -0.115. The standard InChI is InChI=1S/C19H23NO.C3H9N/c1-5-7-8-16(6-2)19(21)20-13-15(4)12-17-11-14(3)9-10-18(17)20;1-3-4-2/h5-11,15H,1,12-13H2,2-4H3;4H,3H2,1-2H3/b8-7-,16-6+;. The maximum atomic E-state index is 12.8. The molecule has 1 aromatic rings. The number of aryl methyl sites for hydroxylation is 1. The number of nitrogens with one attached hydrogen (secondary N) is 1. The zero-order valence-corrected chi connectivity index (χ0v) is 16.3. The van der Waals surface area contributed by atoms with Crippen molar-refractivity contribution >= 4 is 11.6 Å². The Morgan fingerprint density at radius 1 is 1.44 bits per heavy atom. The number of amides is 1. The van der Waals surface area contributed by atoms with E-state index in [1.54, 1.807) is 12.2 Å². The third-order valence-corrected chi connectivity index (χ3v) is 4.16. The molecule has 1 N–H and O–H groups in total. The summed E-state index contributed by atoms with van der Waals surface area (Å²) in [5, 5.41) is 2.93. The first-order chi connectivity index (χ1) is 12.0. The van der Waals surface area contributed by atoms with Gasteiger partial charge in [0.05, 0.1) is 0 Å². The third kappa shape index (κ3) is 6.02. The van der Waals surface area contributed by atoms with Gasteiger partial charge in [0.15, 0.2) is 0 Å². The SMILES string of the molecule is C=C/C=C\C(=C/C)C(=O)N1CC(C)Cc2cc(C)ccc21.CCNC. The van der Waals surface area contributed by atoms with Crippen LogP contribution < -0.4 is 10.2 Å². The summed E-state index contributed by atoms with van der Waals surface area (Å²) in [6, 6.07) is 6.34. The molecule has 0 aromatic heterocycles. The summed E-state index contributed by atoms with van der Waals surface area (Å²) in [7, 11) is 1.93. The summed E-state index contributed by atoms with van der Waals surface area (Å²) in [6.45, 7) is 13.7. The van der Waals surface area contributed by atoms with Crippen molar-refractivity contribution in [2.24, 2.45) is 5.92 Å². The molecule has 1 unspecified atom stereocenters. The molecule has 0 spiro atoms. The number of anilines is 1. The highest BCUT2D eigenvalue weighted by atomic mass is 16.2. The molecule has 0 radical (unpaired) electrons. The predicted octanol–water partition coefficient (Wildman–Crippen LogP) is 4.43. The lowest BCUT2D eigenvalue weighted by atomic mass is 9.92. The Hall–Kier alpha value is -2.13. The Kier molecular flexibility index (Phi) is 8.93. The van der Waals surface area contributed by atoms with Crippen LogP contribution in [0.2, 0.25) is 0 Å². The van der Waals surface area contributed by atoms with E-state index in [2.05, 4.69) is 50.9 Å². The van der Waals surface area contributed by atoms with Crippen LogP contribution >= 0.6 is 0 Å². The smallest absolute Gasteiger partial charge is 0.257 e. The van der Waals surface area contributed by atoms with Crippen molar-refractivity contribution in [2.75, 3.05) is 25.0 Å². The third-order valence-electron chi connectivity index (χ3n) is 4.16. The van der Waals surface area contributed by atoms with Gasteiger partial charge in [-0.1, -0.05) is 56.4 Å². The van der Waals surface area contributed by atoms with Gasteiger partial charge in [-0.05, 0) is 57.5 Å². The lowest BCUT2D eigenvalue weighted by Crippen LogP contribution is -2.39. The minimum atomic E-state index is 0.0623. The molecule has 0 fully saturated rings. The average molecular weight is 341 g/mol. The summed E-state index contributed by atoms with van der Waals surface area (Å²) < 4.78 is 0. The van der Waals surface area contributed by atoms with Crippen molar-refractivity contribution in [1.82, 2.24) is 5.32 Å². The molecule has 3 heteroatoms. The van der Waals surface area contributed by atoms with E-state index in [1.807, 2.05) is 31.0 Å². The Morgan fingerprint density at radius 2 is 2.12 bits per heavy atom. The molecule has 2 rings (SSSR count). The van der Waals surface area contributed by atoms with Crippen molar-refractivity contribution < 1.29 is 4.79 Å². The lowest BCUT2D eigenvalue weighted by Gasteiger charge is -2.33. The maximum Gasteiger partial charge on any atom is 0.257 e. The van der Waals surface area contributed by atoms with E-state index in [-0.39, 0.29) is 5.91 Å². The minimum Gasteiger partial charge on any atom is -0.320 e. The van der Waals surface area contributed by atoms with Gasteiger partial charge >= 0.3 is 0 Å². The van der Waals surface area contributed by atoms with Gasteiger partial charge in [0.2, 0.25) is 0 Å². The Bertz CT molecular complexity index is 641. The number of nitrogens with zero attached hydrogens (tertiary/aromatic N) is 1. The molecule has 1 amide bonds. The monoisotopic (exact) mass is 340 g/mol. The molecular formula is C22H32N2O. The number of allylic oxidation sites excluding steroid dienone is 3. The number of carbonyl (C=O) groups is 1. The predicted molar refractivity (Wildman–Crippen MR) is 109 cm³/mol. The van der Waals surface area contributed by atoms with Crippen molar-refractivity contribution in [3.8, 4) is 0 Å². The number of benzene rings is 1. The molecular weight excluding hydrogens is 308 g/mol. The number of hydrogen-bond acceptors (Lipinski definition) is 2. The van der Waals surface area contributed by atoms with Crippen molar-refractivity contribution in [2.45, 2.75) is 34.1 Å². The van der Waals surface area contributed by atoms with Gasteiger partial charge < -0.3 is 10.2 Å². The van der Waals surface area contributed by atoms with Crippen LogP contribution in [-0.2, 0) is 11.2 Å². The average Bonchev–Trinajstić information content (AvgIpc) is 2.61. The van der Waals surface area contributed by atoms with Crippen molar-refractivity contribution in [3.05, 3.63) is 65.8 Å². The highest BCUT2D eigenvalue weighted by molar-refractivity contribution is 6.08. The first-order valence-electron chi connectivity index (χ1n) is 8.99. The minimum absolute atomic E-state index is 0.0623. The van der Waals surface area contributed by atoms with Gasteiger partial charge in [0.1, 0.15) is 0 Å². The second kappa shape index (κ2) is 10.7. The number of rotatable bonds is 4. The molecule has 0 aliphatic carbocycles. The number of hydrogen-bond donors (Lipinski definition) is 1. The van der Waals surface area contributed by atoms with Gasteiger partial charge in [-0.25, -0.2) is 0 Å². The van der Waals surface area contributed by atoms with Crippen LogP contribution in [0.3, 0.4) is 0 Å². The van der Waals surface area contributed by atoms with Crippen LogP contribution in [0.1, 0.15) is 31.9 Å². The summed E-state index contributed by atoms with van der Waals surface area (Å²) in [5.74, 6) is 0.539. The van der Waals surface area contributed by atoms with Crippen LogP contribution in [-0.4, -0.2) is 26.0 Å². The fourth-order valence-corrected chi connectivity index (χ4v) is 2.80. The van der Waals surface area contributed by atoms with Crippen LogP contribution in [0.4, 0.5) is 5.69 Å². The molecule has 1 aliphatic rings. The Balaban J connectivity index is 0.000000705. The molecule has 25 heavy (non-hydrogen) atoms. The molecule has 1 heterocycles. The van der Waals surface area contributed by atoms with E-state index in [4.69, 9.17) is 0 Å². The van der Waals surface area contributed by atoms with Crippen molar-refractivity contribution in [3.63, 3.8) is 0 Å². The fraction of sp³-hybridized carbons (Fsp3) is 0.409. The second-order valence-corrected chi connectivity index (χ2v) is 6.40. The van der Waals surface area contributed by atoms with Crippen LogP contribution in [0.5, 0.6) is 0 Å². The molecule has 0 saturated heterocycles. The van der Waals surface area contributed by atoms with Gasteiger partial charge in [-0.2, -0.15) is 0 Å². The van der Waals surface area contributed by atoms with E-state index in [1.165, 1.54) is 11.1 Å². The first-order valence-corrected chi connectivity index (χ1v) is 8.99. The van der Waals surface area contributed by atoms with E-state index in [0.29, 0.717) is 11.5 Å². The van der Waals surface area contributed by atoms with E-state index in [0.717, 1.165) is 25.2 Å². The number of fused-ring (bicyclic) bond motifs is 1. The molecule has 0 bridgehead atoms. The largest absolute Gasteiger partial charge is 0.320 e. The van der Waals surface area contributed by atoms with Gasteiger partial charge in [-0.15, -0.1) is 0 Å². The van der Waals surface area contributed by atoms with E-state index in [9.17, 15) is 4.79 Å². The molecule has 136 valence electrons. The fourth-order valence-electron chi connectivity index (χ4n) is 2.80. The van der Waals surface area contributed by atoms with E-state index >= 15 is 0 Å². The van der Waals surface area contributed by atoms with Crippen LogP contribution in [0, 0.1) is 12.8 Å². The molecule has 3 nitrogen and oxygen atoms in total. The quantitative estimate of drug-likeness (QED) is 0.649. The first kappa shape index (κ1) is 20.9. The summed E-state index contributed by atoms with van der Waals surface area (Å²) in [4.78, 5) is 14.7. The summed E-state index contributed by atoms with van der Waals surface area (Å²) in [5.41, 5.74) is 4.27. The molecule has 0 saturated carbocycles. The van der Waals surface area contributed by atoms with Gasteiger partial charge in [-0.3, -0.25) is 4.79 Å². The maximum absolute atomic E-state index is 12.8.